The molecule has 2 heterocycles. The van der Waals surface area contributed by atoms with Crippen molar-refractivity contribution in [3.8, 4) is 17.1 Å². The summed E-state index contributed by atoms with van der Waals surface area (Å²) in [6, 6.07) is 16.6. The Morgan fingerprint density at radius 3 is 2.64 bits per heavy atom. The number of nitrogens with zero attached hydrogens (tertiary/aromatic N) is 3. The van der Waals surface area contributed by atoms with Crippen molar-refractivity contribution in [2.24, 2.45) is 0 Å². The van der Waals surface area contributed by atoms with Gasteiger partial charge in [0.05, 0.1) is 7.11 Å². The third-order valence-electron chi connectivity index (χ3n) is 4.97. The van der Waals surface area contributed by atoms with Gasteiger partial charge < -0.3 is 9.64 Å². The summed E-state index contributed by atoms with van der Waals surface area (Å²) in [5.41, 5.74) is 3.22. The van der Waals surface area contributed by atoms with Crippen LogP contribution in [0.1, 0.15) is 11.3 Å². The van der Waals surface area contributed by atoms with E-state index in [1.54, 1.807) is 18.9 Å². The number of aryl methyl sites for hydroxylation is 1. The molecule has 0 atom stereocenters. The van der Waals surface area contributed by atoms with Gasteiger partial charge in [0.15, 0.2) is 0 Å². The number of rotatable bonds is 4. The molecule has 0 radical (unpaired) electrons. The van der Waals surface area contributed by atoms with E-state index >= 15 is 0 Å². The molecule has 0 saturated heterocycles. The van der Waals surface area contributed by atoms with Crippen molar-refractivity contribution in [2.75, 3.05) is 18.6 Å². The maximum Gasteiger partial charge on any atom is 0.254 e. The van der Waals surface area contributed by atoms with Crippen molar-refractivity contribution < 1.29 is 9.53 Å². The van der Waals surface area contributed by atoms with E-state index in [-0.39, 0.29) is 18.0 Å². The molecule has 1 amide bonds. The van der Waals surface area contributed by atoms with Crippen molar-refractivity contribution in [2.45, 2.75) is 19.9 Å². The number of benzene rings is 2. The maximum atomic E-state index is 13.0. The summed E-state index contributed by atoms with van der Waals surface area (Å²) in [6.45, 7) is 2.35. The molecule has 1 aliphatic rings. The van der Waals surface area contributed by atoms with Crippen molar-refractivity contribution in [3.05, 3.63) is 76.2 Å². The lowest BCUT2D eigenvalue weighted by atomic mass is 10.2. The molecular weight excluding hydrogens is 354 g/mol. The third kappa shape index (κ3) is 3.29. The average molecular weight is 375 g/mol. The van der Waals surface area contributed by atoms with Gasteiger partial charge in [-0.3, -0.25) is 14.2 Å². The molecular formula is C22H21N3O3. The Hall–Kier alpha value is -3.41. The van der Waals surface area contributed by atoms with Gasteiger partial charge in [-0.2, -0.15) is 0 Å². The predicted molar refractivity (Wildman–Crippen MR) is 108 cm³/mol. The molecule has 1 aromatic heterocycles. The van der Waals surface area contributed by atoms with Crippen LogP contribution >= 0.6 is 0 Å². The largest absolute Gasteiger partial charge is 0.497 e. The van der Waals surface area contributed by atoms with Crippen LogP contribution < -0.4 is 15.2 Å². The molecule has 0 spiro atoms. The van der Waals surface area contributed by atoms with Crippen LogP contribution in [0.25, 0.3) is 11.4 Å². The van der Waals surface area contributed by atoms with E-state index in [1.165, 1.54) is 10.6 Å². The van der Waals surface area contributed by atoms with Gasteiger partial charge in [-0.1, -0.05) is 18.2 Å². The van der Waals surface area contributed by atoms with Gasteiger partial charge in [-0.15, -0.1) is 0 Å². The minimum atomic E-state index is -0.237. The third-order valence-corrected chi connectivity index (χ3v) is 4.97. The number of hydrogen-bond acceptors (Lipinski definition) is 4. The molecule has 6 nitrogen and oxygen atoms in total. The minimum absolute atomic E-state index is 0.0538. The number of para-hydroxylation sites is 1. The lowest BCUT2D eigenvalue weighted by molar-refractivity contribution is -0.119. The Labute approximate surface area is 163 Å². The highest BCUT2D eigenvalue weighted by atomic mass is 16.5. The second-order valence-electron chi connectivity index (χ2n) is 6.80. The normalized spacial score (nSPS) is 12.7. The summed E-state index contributed by atoms with van der Waals surface area (Å²) >= 11 is 0. The van der Waals surface area contributed by atoms with Crippen molar-refractivity contribution in [1.82, 2.24) is 9.55 Å². The summed E-state index contributed by atoms with van der Waals surface area (Å²) in [5, 5.41) is 0. The molecule has 28 heavy (non-hydrogen) atoms. The number of aromatic nitrogens is 2. The van der Waals surface area contributed by atoms with Gasteiger partial charge in [0.1, 0.15) is 18.1 Å². The fourth-order valence-electron chi connectivity index (χ4n) is 3.55. The summed E-state index contributed by atoms with van der Waals surface area (Å²) in [5.74, 6) is 1.08. The van der Waals surface area contributed by atoms with Crippen LogP contribution in [0.2, 0.25) is 0 Å². The van der Waals surface area contributed by atoms with E-state index in [0.29, 0.717) is 18.1 Å². The molecule has 142 valence electrons. The lowest BCUT2D eigenvalue weighted by Gasteiger charge is -2.19. The van der Waals surface area contributed by atoms with E-state index in [2.05, 4.69) is 4.98 Å². The maximum absolute atomic E-state index is 13.0. The zero-order chi connectivity index (χ0) is 19.7. The number of methoxy groups -OCH3 is 1. The number of ether oxygens (including phenoxy) is 1. The molecule has 0 bridgehead atoms. The predicted octanol–water partition coefficient (Wildman–Crippen LogP) is 2.82. The Morgan fingerprint density at radius 2 is 1.89 bits per heavy atom. The Kier molecular flexibility index (Phi) is 4.69. The van der Waals surface area contributed by atoms with Crippen molar-refractivity contribution >= 4 is 11.6 Å². The second kappa shape index (κ2) is 7.31. The van der Waals surface area contributed by atoms with E-state index in [1.807, 2.05) is 48.5 Å². The first kappa shape index (κ1) is 18.0. The highest BCUT2D eigenvalue weighted by molar-refractivity contribution is 5.95. The van der Waals surface area contributed by atoms with Gasteiger partial charge in [-0.25, -0.2) is 4.98 Å². The number of carbonyl (C=O) groups excluding carboxylic acids is 1. The van der Waals surface area contributed by atoms with Crippen LogP contribution in [0.5, 0.6) is 5.75 Å². The van der Waals surface area contributed by atoms with Crippen LogP contribution in [0.15, 0.2) is 59.4 Å². The fourth-order valence-corrected chi connectivity index (χ4v) is 3.55. The fraction of sp³-hybridized carbons (Fsp3) is 0.227. The molecule has 0 fully saturated rings. The number of hydrogen-bond donors (Lipinski definition) is 0. The smallest absolute Gasteiger partial charge is 0.254 e. The van der Waals surface area contributed by atoms with Crippen molar-refractivity contribution in [3.63, 3.8) is 0 Å². The SMILES string of the molecule is COc1ccc(-c2nc(C)cc(=O)n2CC(=O)N2CCc3ccccc32)cc1. The summed E-state index contributed by atoms with van der Waals surface area (Å²) in [6.07, 6.45) is 0.828. The van der Waals surface area contributed by atoms with Crippen LogP contribution in [0.3, 0.4) is 0 Å². The second-order valence-corrected chi connectivity index (χ2v) is 6.80. The molecule has 0 saturated carbocycles. The topological polar surface area (TPSA) is 64.4 Å². The standard InChI is InChI=1S/C22H21N3O3/c1-15-13-20(26)25(22(23-15)17-7-9-18(28-2)10-8-17)14-21(27)24-12-11-16-5-3-4-6-19(16)24/h3-10,13H,11-12,14H2,1-2H3. The molecule has 0 unspecified atom stereocenters. The van der Waals surface area contributed by atoms with Crippen LogP contribution in [0.4, 0.5) is 5.69 Å². The van der Waals surface area contributed by atoms with Gasteiger partial charge in [0, 0.05) is 29.6 Å². The molecule has 3 aromatic rings. The molecule has 2 aromatic carbocycles. The molecule has 4 rings (SSSR count). The molecule has 6 heteroatoms. The summed E-state index contributed by atoms with van der Waals surface area (Å²) in [4.78, 5) is 32.0. The Bertz CT molecular complexity index is 1090. The van der Waals surface area contributed by atoms with E-state index in [0.717, 1.165) is 29.0 Å². The quantitative estimate of drug-likeness (QED) is 0.703. The van der Waals surface area contributed by atoms with Gasteiger partial charge >= 0.3 is 0 Å². The Morgan fingerprint density at radius 1 is 1.14 bits per heavy atom. The van der Waals surface area contributed by atoms with Gasteiger partial charge in [-0.05, 0) is 49.2 Å². The van der Waals surface area contributed by atoms with Gasteiger partial charge in [0.2, 0.25) is 5.91 Å². The van der Waals surface area contributed by atoms with Crippen molar-refractivity contribution in [1.29, 1.82) is 0 Å². The monoisotopic (exact) mass is 375 g/mol. The molecule has 0 N–H and O–H groups in total. The average Bonchev–Trinajstić information content (AvgIpc) is 3.14. The highest BCUT2D eigenvalue weighted by Crippen LogP contribution is 2.28. The number of carbonyl (C=O) groups is 1. The number of fused-ring (bicyclic) bond motifs is 1. The van der Waals surface area contributed by atoms with Crippen LogP contribution in [-0.2, 0) is 17.8 Å². The van der Waals surface area contributed by atoms with E-state index in [9.17, 15) is 9.59 Å². The van der Waals surface area contributed by atoms with Crippen LogP contribution in [0, 0.1) is 6.92 Å². The van der Waals surface area contributed by atoms with E-state index < -0.39 is 0 Å². The first-order chi connectivity index (χ1) is 13.6. The molecule has 1 aliphatic heterocycles. The molecule has 0 aliphatic carbocycles. The van der Waals surface area contributed by atoms with Gasteiger partial charge in [0.25, 0.3) is 5.56 Å². The zero-order valence-corrected chi connectivity index (χ0v) is 15.9. The zero-order valence-electron chi connectivity index (χ0n) is 15.9. The first-order valence-electron chi connectivity index (χ1n) is 9.18. The number of amides is 1. The van der Waals surface area contributed by atoms with Crippen LogP contribution in [-0.4, -0.2) is 29.1 Å². The minimum Gasteiger partial charge on any atom is -0.497 e. The number of anilines is 1. The lowest BCUT2D eigenvalue weighted by Crippen LogP contribution is -2.36. The summed E-state index contributed by atoms with van der Waals surface area (Å²) in [7, 11) is 1.60. The first-order valence-corrected chi connectivity index (χ1v) is 9.18. The highest BCUT2D eigenvalue weighted by Gasteiger charge is 2.25. The Balaban J connectivity index is 1.70. The summed E-state index contributed by atoms with van der Waals surface area (Å²) < 4.78 is 6.64. The van der Waals surface area contributed by atoms with E-state index in [4.69, 9.17) is 4.74 Å².